The minimum Gasteiger partial charge on any atom is -0.370 e. The van der Waals surface area contributed by atoms with E-state index in [1.807, 2.05) is 0 Å². The molecule has 0 spiro atoms. The van der Waals surface area contributed by atoms with Crippen molar-refractivity contribution in [1.82, 2.24) is 10.2 Å². The molecule has 0 unspecified atom stereocenters. The Morgan fingerprint density at radius 2 is 1.88 bits per heavy atom. The van der Waals surface area contributed by atoms with Gasteiger partial charge in [-0.25, -0.2) is 0 Å². The highest BCUT2D eigenvalue weighted by atomic mass is 127. The molecule has 0 amide bonds. The van der Waals surface area contributed by atoms with Gasteiger partial charge >= 0.3 is 0 Å². The van der Waals surface area contributed by atoms with Gasteiger partial charge in [0.2, 0.25) is 0 Å². The molecule has 0 radical (unpaired) electrons. The van der Waals surface area contributed by atoms with Crippen LogP contribution in [0.5, 0.6) is 0 Å². The van der Waals surface area contributed by atoms with Crippen LogP contribution in [0.15, 0.2) is 4.99 Å². The predicted octanol–water partition coefficient (Wildman–Crippen LogP) is 2.04. The van der Waals surface area contributed by atoms with E-state index in [0.717, 1.165) is 19.6 Å². The van der Waals surface area contributed by atoms with Crippen LogP contribution < -0.4 is 11.1 Å². The van der Waals surface area contributed by atoms with Gasteiger partial charge in [0.15, 0.2) is 5.96 Å². The summed E-state index contributed by atoms with van der Waals surface area (Å²) in [6.45, 7) is 15.5. The minimum atomic E-state index is -0.0178. The van der Waals surface area contributed by atoms with Crippen LogP contribution in [-0.2, 0) is 0 Å². The summed E-state index contributed by atoms with van der Waals surface area (Å²) in [5.41, 5.74) is 5.77. The lowest BCUT2D eigenvalue weighted by atomic mass is 10.1. The first kappa shape index (κ1) is 19.3. The Kier molecular flexibility index (Phi) is 10.2. The molecule has 0 aliphatic rings. The van der Waals surface area contributed by atoms with Gasteiger partial charge in [-0.15, -0.1) is 24.0 Å². The lowest BCUT2D eigenvalue weighted by Gasteiger charge is -2.24. The van der Waals surface area contributed by atoms with E-state index in [-0.39, 0.29) is 29.5 Å². The number of halogens is 1. The van der Waals surface area contributed by atoms with Gasteiger partial charge in [0.05, 0.1) is 6.54 Å². The maximum atomic E-state index is 5.78. The van der Waals surface area contributed by atoms with Crippen molar-refractivity contribution in [2.75, 3.05) is 19.6 Å². The summed E-state index contributed by atoms with van der Waals surface area (Å²) in [5.74, 6) is 0.535. The fourth-order valence-electron chi connectivity index (χ4n) is 1.50. The van der Waals surface area contributed by atoms with E-state index in [2.05, 4.69) is 56.8 Å². The minimum absolute atomic E-state index is 0. The van der Waals surface area contributed by atoms with Crippen molar-refractivity contribution in [1.29, 1.82) is 0 Å². The van der Waals surface area contributed by atoms with E-state index in [9.17, 15) is 0 Å². The van der Waals surface area contributed by atoms with E-state index in [1.54, 1.807) is 0 Å². The van der Waals surface area contributed by atoms with Crippen LogP contribution in [0, 0.1) is 0 Å². The Morgan fingerprint density at radius 1 is 1.35 bits per heavy atom. The van der Waals surface area contributed by atoms with Gasteiger partial charge in [0.25, 0.3) is 0 Å². The summed E-state index contributed by atoms with van der Waals surface area (Å²) in [4.78, 5) is 6.69. The zero-order valence-corrected chi connectivity index (χ0v) is 14.4. The van der Waals surface area contributed by atoms with Gasteiger partial charge in [-0.1, -0.05) is 6.92 Å². The molecule has 0 bridgehead atoms. The van der Waals surface area contributed by atoms with Crippen molar-refractivity contribution >= 4 is 29.9 Å². The average molecular weight is 356 g/mol. The second kappa shape index (κ2) is 8.97. The molecular weight excluding hydrogens is 327 g/mol. The number of guanidine groups is 1. The van der Waals surface area contributed by atoms with E-state index in [4.69, 9.17) is 5.73 Å². The molecule has 0 aromatic rings. The molecule has 0 rings (SSSR count). The summed E-state index contributed by atoms with van der Waals surface area (Å²) in [5, 5.41) is 3.15. The van der Waals surface area contributed by atoms with Crippen LogP contribution in [-0.4, -0.2) is 42.1 Å². The van der Waals surface area contributed by atoms with Crippen LogP contribution in [0.1, 0.15) is 41.5 Å². The second-order valence-electron chi connectivity index (χ2n) is 5.36. The molecule has 0 saturated carbocycles. The fraction of sp³-hybridized carbons (Fsp3) is 0.917. The van der Waals surface area contributed by atoms with Gasteiger partial charge in [0.1, 0.15) is 0 Å². The van der Waals surface area contributed by atoms with E-state index in [0.29, 0.717) is 12.0 Å². The first-order valence-electron chi connectivity index (χ1n) is 6.08. The summed E-state index contributed by atoms with van der Waals surface area (Å²) in [6.07, 6.45) is 0. The van der Waals surface area contributed by atoms with E-state index in [1.165, 1.54) is 0 Å². The van der Waals surface area contributed by atoms with Crippen molar-refractivity contribution in [2.24, 2.45) is 10.7 Å². The molecule has 0 aromatic carbocycles. The van der Waals surface area contributed by atoms with Gasteiger partial charge in [-0.3, -0.25) is 9.89 Å². The maximum Gasteiger partial charge on any atom is 0.189 e. The van der Waals surface area contributed by atoms with Crippen molar-refractivity contribution < 1.29 is 0 Å². The molecule has 0 heterocycles. The van der Waals surface area contributed by atoms with Crippen LogP contribution in [0.2, 0.25) is 0 Å². The standard InChI is InChI=1S/C12H28N4.HI/c1-7-16(10(2)3)9-8-14-11(13)15-12(4,5)6;/h10H,7-9H2,1-6H3,(H3,13,14,15);1H. The summed E-state index contributed by atoms with van der Waals surface area (Å²) < 4.78 is 0. The zero-order valence-electron chi connectivity index (χ0n) is 12.1. The summed E-state index contributed by atoms with van der Waals surface area (Å²) in [7, 11) is 0. The summed E-state index contributed by atoms with van der Waals surface area (Å²) >= 11 is 0. The largest absolute Gasteiger partial charge is 0.370 e. The van der Waals surface area contributed by atoms with Crippen molar-refractivity contribution in [3.05, 3.63) is 0 Å². The van der Waals surface area contributed by atoms with Crippen molar-refractivity contribution in [2.45, 2.75) is 53.1 Å². The van der Waals surface area contributed by atoms with Crippen LogP contribution in [0.25, 0.3) is 0 Å². The second-order valence-corrected chi connectivity index (χ2v) is 5.36. The molecule has 0 aliphatic heterocycles. The third kappa shape index (κ3) is 10.8. The molecule has 0 saturated heterocycles. The molecule has 17 heavy (non-hydrogen) atoms. The van der Waals surface area contributed by atoms with Crippen LogP contribution in [0.4, 0.5) is 0 Å². The Balaban J connectivity index is 0. The predicted molar refractivity (Wildman–Crippen MR) is 87.2 cm³/mol. The van der Waals surface area contributed by atoms with Gasteiger partial charge in [0, 0.05) is 18.1 Å². The number of nitrogens with two attached hydrogens (primary N) is 1. The first-order valence-corrected chi connectivity index (χ1v) is 6.08. The smallest absolute Gasteiger partial charge is 0.189 e. The highest BCUT2D eigenvalue weighted by molar-refractivity contribution is 14.0. The number of rotatable bonds is 5. The van der Waals surface area contributed by atoms with Crippen LogP contribution >= 0.6 is 24.0 Å². The number of nitrogens with one attached hydrogen (secondary N) is 1. The number of likely N-dealkylation sites (N-methyl/N-ethyl adjacent to an activating group) is 1. The van der Waals surface area contributed by atoms with Crippen molar-refractivity contribution in [3.8, 4) is 0 Å². The molecule has 0 aliphatic carbocycles. The maximum absolute atomic E-state index is 5.78. The van der Waals surface area contributed by atoms with E-state index >= 15 is 0 Å². The van der Waals surface area contributed by atoms with Gasteiger partial charge in [-0.05, 0) is 41.2 Å². The number of hydrogen-bond acceptors (Lipinski definition) is 2. The SMILES string of the molecule is CCN(CCN=C(N)NC(C)(C)C)C(C)C.I. The summed E-state index contributed by atoms with van der Waals surface area (Å²) in [6, 6.07) is 0.567. The highest BCUT2D eigenvalue weighted by Gasteiger charge is 2.10. The van der Waals surface area contributed by atoms with E-state index < -0.39 is 0 Å². The third-order valence-corrected chi connectivity index (χ3v) is 2.31. The fourth-order valence-corrected chi connectivity index (χ4v) is 1.50. The molecule has 3 N–H and O–H groups in total. The molecule has 4 nitrogen and oxygen atoms in total. The van der Waals surface area contributed by atoms with Gasteiger partial charge < -0.3 is 11.1 Å². The monoisotopic (exact) mass is 356 g/mol. The Hall–Kier alpha value is -0.0400. The van der Waals surface area contributed by atoms with Gasteiger partial charge in [-0.2, -0.15) is 0 Å². The molecule has 0 atom stereocenters. The topological polar surface area (TPSA) is 53.6 Å². The molecule has 0 aromatic heterocycles. The lowest BCUT2D eigenvalue weighted by Crippen LogP contribution is -2.45. The third-order valence-electron chi connectivity index (χ3n) is 2.31. The lowest BCUT2D eigenvalue weighted by molar-refractivity contribution is 0.240. The normalized spacial score (nSPS) is 12.8. The Labute approximate surface area is 123 Å². The highest BCUT2D eigenvalue weighted by Crippen LogP contribution is 1.98. The zero-order chi connectivity index (χ0) is 12.8. The molecular formula is C12H29IN4. The molecule has 104 valence electrons. The molecule has 0 fully saturated rings. The van der Waals surface area contributed by atoms with Crippen molar-refractivity contribution in [3.63, 3.8) is 0 Å². The number of nitrogens with zero attached hydrogens (tertiary/aromatic N) is 2. The Bertz CT molecular complexity index is 221. The number of aliphatic imine (C=N–C) groups is 1. The first-order chi connectivity index (χ1) is 7.26. The average Bonchev–Trinajstić information content (AvgIpc) is 2.08. The Morgan fingerprint density at radius 3 is 2.24 bits per heavy atom. The number of hydrogen-bond donors (Lipinski definition) is 2. The quantitative estimate of drug-likeness (QED) is 0.450. The van der Waals surface area contributed by atoms with Crippen LogP contribution in [0.3, 0.4) is 0 Å². The molecule has 5 heteroatoms.